The zero-order chi connectivity index (χ0) is 23.6. The second-order valence-corrected chi connectivity index (χ2v) is 10.4. The molecule has 1 atom stereocenters. The Balaban J connectivity index is 1.45. The number of likely N-dealkylation sites (tertiary alicyclic amines) is 1. The first-order chi connectivity index (χ1) is 15.8. The molecule has 0 saturated carbocycles. The van der Waals surface area contributed by atoms with Crippen LogP contribution in [0.15, 0.2) is 48.5 Å². The van der Waals surface area contributed by atoms with Gasteiger partial charge in [0.05, 0.1) is 13.4 Å². The van der Waals surface area contributed by atoms with Crippen LogP contribution in [0.4, 0.5) is 4.79 Å². The van der Waals surface area contributed by atoms with Crippen LogP contribution in [0, 0.1) is 0 Å². The molecule has 1 fully saturated rings. The maximum absolute atomic E-state index is 13.0. The summed E-state index contributed by atoms with van der Waals surface area (Å²) < 4.78 is 35.8. The smallest absolute Gasteiger partial charge is 0.410 e. The molecule has 0 aromatic heterocycles. The number of carbonyl (C=O) groups excluding carboxylic acids is 2. The number of ether oxygens (including phenoxy) is 2. The normalized spacial score (nSPS) is 17.7. The molecule has 0 radical (unpaired) electrons. The molecule has 1 heterocycles. The molecule has 176 valence electrons. The van der Waals surface area contributed by atoms with Gasteiger partial charge in [-0.2, -0.15) is 4.31 Å². The zero-order valence-electron chi connectivity index (χ0n) is 18.8. The molecule has 8 nitrogen and oxygen atoms in total. The average molecular weight is 473 g/mol. The van der Waals surface area contributed by atoms with E-state index < -0.39 is 22.1 Å². The molecule has 4 rings (SSSR count). The van der Waals surface area contributed by atoms with Gasteiger partial charge >= 0.3 is 12.1 Å². The van der Waals surface area contributed by atoms with E-state index in [1.807, 2.05) is 24.3 Å². The molecular weight excluding hydrogens is 444 g/mol. The third kappa shape index (κ3) is 4.89. The number of hydrogen-bond donors (Lipinski definition) is 0. The Morgan fingerprint density at radius 1 is 1.06 bits per heavy atom. The second kappa shape index (κ2) is 9.52. The highest BCUT2D eigenvalue weighted by molar-refractivity contribution is 7.88. The lowest BCUT2D eigenvalue weighted by Crippen LogP contribution is -2.47. The molecule has 2 aromatic rings. The van der Waals surface area contributed by atoms with Gasteiger partial charge in [0.15, 0.2) is 0 Å². The van der Waals surface area contributed by atoms with E-state index in [2.05, 4.69) is 29.0 Å². The summed E-state index contributed by atoms with van der Waals surface area (Å²) in [5.41, 5.74) is 4.57. The summed E-state index contributed by atoms with van der Waals surface area (Å²) >= 11 is 0. The summed E-state index contributed by atoms with van der Waals surface area (Å²) in [5, 5.41) is 0. The van der Waals surface area contributed by atoms with Crippen LogP contribution in [0.5, 0.6) is 0 Å². The van der Waals surface area contributed by atoms with Crippen molar-refractivity contribution in [1.29, 1.82) is 0 Å². The Hall–Kier alpha value is -2.91. The summed E-state index contributed by atoms with van der Waals surface area (Å²) in [6, 6.07) is 15.9. The number of esters is 1. The Morgan fingerprint density at radius 2 is 1.67 bits per heavy atom. The van der Waals surface area contributed by atoms with Crippen LogP contribution in [-0.2, 0) is 24.3 Å². The van der Waals surface area contributed by atoms with E-state index in [1.165, 1.54) is 7.11 Å². The fourth-order valence-corrected chi connectivity index (χ4v) is 5.49. The standard InChI is InChI=1S/C24H28N2O6S/c1-31-23(27)15-25(33(2,29)30)14-17-8-7-13-26(17)24(28)32-16-22-20-11-5-3-9-18(20)19-10-4-6-12-21(19)22/h3-6,9-12,17,22H,7-8,13-16H2,1-2H3/t17-/m1/s1. The highest BCUT2D eigenvalue weighted by atomic mass is 32.2. The number of amides is 1. The molecule has 0 spiro atoms. The average Bonchev–Trinajstić information content (AvgIpc) is 3.39. The molecule has 1 saturated heterocycles. The molecule has 2 aromatic carbocycles. The lowest BCUT2D eigenvalue weighted by atomic mass is 9.98. The van der Waals surface area contributed by atoms with Gasteiger partial charge in [-0.25, -0.2) is 13.2 Å². The predicted octanol–water partition coefficient (Wildman–Crippen LogP) is 2.83. The van der Waals surface area contributed by atoms with Crippen LogP contribution >= 0.6 is 0 Å². The Kier molecular flexibility index (Phi) is 6.71. The van der Waals surface area contributed by atoms with E-state index in [4.69, 9.17) is 4.74 Å². The first-order valence-corrected chi connectivity index (χ1v) is 12.8. The van der Waals surface area contributed by atoms with Crippen LogP contribution in [0.25, 0.3) is 11.1 Å². The predicted molar refractivity (Wildman–Crippen MR) is 123 cm³/mol. The minimum Gasteiger partial charge on any atom is -0.468 e. The topological polar surface area (TPSA) is 93.2 Å². The van der Waals surface area contributed by atoms with Crippen LogP contribution in [0.3, 0.4) is 0 Å². The SMILES string of the molecule is COC(=O)CN(C[C@H]1CCCN1C(=O)OCC1c2ccccc2-c2ccccc21)S(C)(=O)=O. The van der Waals surface area contributed by atoms with Crippen LogP contribution in [0.2, 0.25) is 0 Å². The lowest BCUT2D eigenvalue weighted by Gasteiger charge is -2.29. The summed E-state index contributed by atoms with van der Waals surface area (Å²) in [5.74, 6) is -0.694. The van der Waals surface area contributed by atoms with Gasteiger partial charge in [-0.3, -0.25) is 4.79 Å². The molecule has 1 aliphatic carbocycles. The second-order valence-electron chi connectivity index (χ2n) is 8.43. The molecule has 0 bridgehead atoms. The van der Waals surface area contributed by atoms with E-state index in [9.17, 15) is 18.0 Å². The molecule has 0 unspecified atom stereocenters. The molecule has 0 N–H and O–H groups in total. The van der Waals surface area contributed by atoms with Crippen molar-refractivity contribution in [3.8, 4) is 11.1 Å². The van der Waals surface area contributed by atoms with Gasteiger partial charge in [0, 0.05) is 25.0 Å². The van der Waals surface area contributed by atoms with Crippen LogP contribution in [0.1, 0.15) is 29.9 Å². The molecule has 2 aliphatic rings. The number of carbonyl (C=O) groups is 2. The van der Waals surface area contributed by atoms with Gasteiger partial charge in [0.1, 0.15) is 13.2 Å². The maximum Gasteiger partial charge on any atom is 0.410 e. The minimum atomic E-state index is -3.65. The highest BCUT2D eigenvalue weighted by Crippen LogP contribution is 2.44. The number of nitrogens with zero attached hydrogens (tertiary/aromatic N) is 2. The van der Waals surface area contributed by atoms with Crippen LogP contribution in [-0.4, -0.2) is 75.3 Å². The third-order valence-corrected chi connectivity index (χ3v) is 7.58. The summed E-state index contributed by atoms with van der Waals surface area (Å²) in [6.45, 7) is 0.327. The maximum atomic E-state index is 13.0. The molecule has 9 heteroatoms. The Bertz CT molecular complexity index is 1100. The van der Waals surface area contributed by atoms with Crippen molar-refractivity contribution in [3.05, 3.63) is 59.7 Å². The monoisotopic (exact) mass is 472 g/mol. The van der Waals surface area contributed by atoms with Crippen molar-refractivity contribution in [1.82, 2.24) is 9.21 Å². The molecule has 1 aliphatic heterocycles. The summed E-state index contributed by atoms with van der Waals surface area (Å²) in [6.07, 6.45) is 1.95. The van der Waals surface area contributed by atoms with Crippen LogP contribution < -0.4 is 0 Å². The first kappa shape index (κ1) is 23.3. The minimum absolute atomic E-state index is 0.0259. The first-order valence-electron chi connectivity index (χ1n) is 10.9. The van der Waals surface area contributed by atoms with Crippen molar-refractivity contribution in [2.75, 3.05) is 39.6 Å². The Morgan fingerprint density at radius 3 is 2.24 bits per heavy atom. The van der Waals surface area contributed by atoms with Gasteiger partial charge in [0.2, 0.25) is 10.0 Å². The van der Waals surface area contributed by atoms with Crippen molar-refractivity contribution < 1.29 is 27.5 Å². The quantitative estimate of drug-likeness (QED) is 0.576. The fraction of sp³-hybridized carbons (Fsp3) is 0.417. The van der Waals surface area contributed by atoms with E-state index in [0.717, 1.165) is 39.2 Å². The van der Waals surface area contributed by atoms with Crippen molar-refractivity contribution in [3.63, 3.8) is 0 Å². The van der Waals surface area contributed by atoms with E-state index in [0.29, 0.717) is 13.0 Å². The van der Waals surface area contributed by atoms with Gasteiger partial charge in [0.25, 0.3) is 0 Å². The third-order valence-electron chi connectivity index (χ3n) is 6.36. The number of hydrogen-bond acceptors (Lipinski definition) is 6. The zero-order valence-corrected chi connectivity index (χ0v) is 19.6. The number of benzene rings is 2. The van der Waals surface area contributed by atoms with Crippen molar-refractivity contribution in [2.45, 2.75) is 24.8 Å². The molecular formula is C24H28N2O6S. The molecule has 1 amide bonds. The number of methoxy groups -OCH3 is 1. The number of fused-ring (bicyclic) bond motifs is 3. The van der Waals surface area contributed by atoms with Gasteiger partial charge in [-0.1, -0.05) is 48.5 Å². The molecule has 33 heavy (non-hydrogen) atoms. The lowest BCUT2D eigenvalue weighted by molar-refractivity contribution is -0.140. The Labute approximate surface area is 194 Å². The largest absolute Gasteiger partial charge is 0.468 e. The van der Waals surface area contributed by atoms with E-state index >= 15 is 0 Å². The van der Waals surface area contributed by atoms with E-state index in [-0.39, 0.29) is 31.7 Å². The highest BCUT2D eigenvalue weighted by Gasteiger charge is 2.35. The van der Waals surface area contributed by atoms with Crippen molar-refractivity contribution >= 4 is 22.1 Å². The van der Waals surface area contributed by atoms with Gasteiger partial charge < -0.3 is 14.4 Å². The summed E-state index contributed by atoms with van der Waals surface area (Å²) in [4.78, 5) is 26.2. The van der Waals surface area contributed by atoms with Gasteiger partial charge in [-0.05, 0) is 35.1 Å². The summed E-state index contributed by atoms with van der Waals surface area (Å²) in [7, 11) is -2.44. The number of rotatable bonds is 7. The van der Waals surface area contributed by atoms with E-state index in [1.54, 1.807) is 4.90 Å². The number of sulfonamides is 1. The fourth-order valence-electron chi connectivity index (χ4n) is 4.70. The van der Waals surface area contributed by atoms with Crippen molar-refractivity contribution in [2.24, 2.45) is 0 Å². The van der Waals surface area contributed by atoms with Gasteiger partial charge in [-0.15, -0.1) is 0 Å².